The van der Waals surface area contributed by atoms with Crippen molar-refractivity contribution in [2.24, 2.45) is 5.92 Å². The van der Waals surface area contributed by atoms with Gasteiger partial charge in [-0.1, -0.05) is 5.16 Å². The molecule has 0 unspecified atom stereocenters. The van der Waals surface area contributed by atoms with Gasteiger partial charge in [-0.15, -0.1) is 0 Å². The third-order valence-electron chi connectivity index (χ3n) is 5.34. The molecule has 1 saturated heterocycles. The van der Waals surface area contributed by atoms with Crippen molar-refractivity contribution in [2.45, 2.75) is 32.8 Å². The van der Waals surface area contributed by atoms with Crippen molar-refractivity contribution in [1.29, 1.82) is 0 Å². The van der Waals surface area contributed by atoms with E-state index in [9.17, 15) is 9.18 Å². The molecule has 3 heterocycles. The molecule has 0 aliphatic carbocycles. The van der Waals surface area contributed by atoms with Crippen molar-refractivity contribution < 1.29 is 23.2 Å². The number of rotatable bonds is 7. The van der Waals surface area contributed by atoms with Crippen molar-refractivity contribution >= 4 is 5.78 Å². The van der Waals surface area contributed by atoms with E-state index in [2.05, 4.69) is 10.1 Å². The van der Waals surface area contributed by atoms with Crippen molar-refractivity contribution in [1.82, 2.24) is 10.1 Å². The van der Waals surface area contributed by atoms with E-state index >= 15 is 0 Å². The summed E-state index contributed by atoms with van der Waals surface area (Å²) < 4.78 is 29.6. The van der Waals surface area contributed by atoms with Gasteiger partial charge in [0, 0.05) is 43.0 Å². The zero-order valence-electron chi connectivity index (χ0n) is 16.8. The monoisotopic (exact) mass is 410 g/mol. The van der Waals surface area contributed by atoms with Gasteiger partial charge in [-0.2, -0.15) is 0 Å². The smallest absolute Gasteiger partial charge is 0.213 e. The van der Waals surface area contributed by atoms with Gasteiger partial charge in [0.15, 0.2) is 5.78 Å². The summed E-state index contributed by atoms with van der Waals surface area (Å²) in [6.45, 7) is 3.45. The second-order valence-electron chi connectivity index (χ2n) is 7.43. The van der Waals surface area contributed by atoms with Crippen LogP contribution < -0.4 is 4.74 Å². The molecule has 2 aromatic heterocycles. The zero-order valence-corrected chi connectivity index (χ0v) is 16.8. The first-order chi connectivity index (χ1) is 14.6. The van der Waals surface area contributed by atoms with E-state index in [0.29, 0.717) is 35.2 Å². The minimum Gasteiger partial charge on any atom is -0.473 e. The Hall–Kier alpha value is -3.06. The lowest BCUT2D eigenvalue weighted by Gasteiger charge is -2.21. The van der Waals surface area contributed by atoms with Crippen molar-refractivity contribution in [3.05, 3.63) is 65.3 Å². The van der Waals surface area contributed by atoms with Gasteiger partial charge in [0.05, 0.1) is 5.56 Å². The van der Waals surface area contributed by atoms with E-state index in [1.807, 2.05) is 0 Å². The SMILES string of the molecule is Cc1onc(-c2ccc(F)cc2)c1COc1ccc(C(=O)CC2CCOCC2)cn1. The predicted octanol–water partition coefficient (Wildman–Crippen LogP) is 4.76. The van der Waals surface area contributed by atoms with Crippen molar-refractivity contribution in [3.8, 4) is 17.1 Å². The Balaban J connectivity index is 1.39. The van der Waals surface area contributed by atoms with Crippen LogP contribution in [0.2, 0.25) is 0 Å². The van der Waals surface area contributed by atoms with E-state index in [1.165, 1.54) is 12.1 Å². The summed E-state index contributed by atoms with van der Waals surface area (Å²) in [5.74, 6) is 1.19. The summed E-state index contributed by atoms with van der Waals surface area (Å²) in [4.78, 5) is 16.7. The number of ether oxygens (including phenoxy) is 2. The van der Waals surface area contributed by atoms with Crippen LogP contribution in [0.4, 0.5) is 4.39 Å². The quantitative estimate of drug-likeness (QED) is 0.523. The Morgan fingerprint density at radius 3 is 2.63 bits per heavy atom. The van der Waals surface area contributed by atoms with Gasteiger partial charge in [0.25, 0.3) is 0 Å². The Kier molecular flexibility index (Phi) is 6.18. The molecular weight excluding hydrogens is 387 g/mol. The molecule has 1 aliphatic rings. The van der Waals surface area contributed by atoms with Crippen LogP contribution >= 0.6 is 0 Å². The molecule has 0 atom stereocenters. The van der Waals surface area contributed by atoms with Crippen molar-refractivity contribution in [2.75, 3.05) is 13.2 Å². The Morgan fingerprint density at radius 1 is 1.17 bits per heavy atom. The number of benzene rings is 1. The van der Waals surface area contributed by atoms with Crippen LogP contribution in [0.3, 0.4) is 0 Å². The van der Waals surface area contributed by atoms with E-state index in [1.54, 1.807) is 37.4 Å². The Morgan fingerprint density at radius 2 is 1.93 bits per heavy atom. The molecule has 0 spiro atoms. The maximum absolute atomic E-state index is 13.2. The fourth-order valence-electron chi connectivity index (χ4n) is 3.50. The molecule has 1 aliphatic heterocycles. The summed E-state index contributed by atoms with van der Waals surface area (Å²) >= 11 is 0. The number of aryl methyl sites for hydroxylation is 1. The number of hydrogen-bond donors (Lipinski definition) is 0. The maximum Gasteiger partial charge on any atom is 0.213 e. The number of halogens is 1. The molecule has 30 heavy (non-hydrogen) atoms. The van der Waals surface area contributed by atoms with Crippen LogP contribution in [0.15, 0.2) is 47.1 Å². The first-order valence-electron chi connectivity index (χ1n) is 10.0. The highest BCUT2D eigenvalue weighted by Crippen LogP contribution is 2.27. The zero-order chi connectivity index (χ0) is 20.9. The van der Waals surface area contributed by atoms with E-state index in [-0.39, 0.29) is 18.2 Å². The number of aromatic nitrogens is 2. The third kappa shape index (κ3) is 4.74. The molecule has 7 heteroatoms. The molecule has 0 amide bonds. The van der Waals surface area contributed by atoms with Gasteiger partial charge in [0.2, 0.25) is 5.88 Å². The highest BCUT2D eigenvalue weighted by molar-refractivity contribution is 5.95. The highest BCUT2D eigenvalue weighted by atomic mass is 19.1. The van der Waals surface area contributed by atoms with Gasteiger partial charge < -0.3 is 14.0 Å². The van der Waals surface area contributed by atoms with Crippen LogP contribution in [0.5, 0.6) is 5.88 Å². The lowest BCUT2D eigenvalue weighted by atomic mass is 9.92. The van der Waals surface area contributed by atoms with E-state index in [0.717, 1.165) is 37.2 Å². The summed E-state index contributed by atoms with van der Waals surface area (Å²) in [5, 5.41) is 4.07. The lowest BCUT2D eigenvalue weighted by molar-refractivity contribution is 0.0601. The first kappa shape index (κ1) is 20.2. The second-order valence-corrected chi connectivity index (χ2v) is 7.43. The van der Waals surface area contributed by atoms with Gasteiger partial charge in [-0.05, 0) is 56.0 Å². The average Bonchev–Trinajstić information content (AvgIpc) is 3.14. The largest absolute Gasteiger partial charge is 0.473 e. The number of carbonyl (C=O) groups is 1. The minimum atomic E-state index is -0.313. The average molecular weight is 410 g/mol. The van der Waals surface area contributed by atoms with Crippen molar-refractivity contribution in [3.63, 3.8) is 0 Å². The second kappa shape index (κ2) is 9.17. The van der Waals surface area contributed by atoms with Crippen LogP contribution in [0.1, 0.15) is 40.9 Å². The van der Waals surface area contributed by atoms with Gasteiger partial charge >= 0.3 is 0 Å². The van der Waals surface area contributed by atoms with Crippen LogP contribution in [-0.4, -0.2) is 29.1 Å². The molecule has 156 valence electrons. The fraction of sp³-hybridized carbons (Fsp3) is 0.348. The molecule has 1 aromatic carbocycles. The van der Waals surface area contributed by atoms with Gasteiger partial charge in [-0.3, -0.25) is 4.79 Å². The molecule has 6 nitrogen and oxygen atoms in total. The number of nitrogens with zero attached hydrogens (tertiary/aromatic N) is 2. The lowest BCUT2D eigenvalue weighted by Crippen LogP contribution is -2.18. The topological polar surface area (TPSA) is 74.5 Å². The Bertz CT molecular complexity index is 993. The standard InChI is InChI=1S/C23H23FN2O4/c1-15-20(23(26-30-15)17-2-5-19(24)6-3-17)14-29-22-7-4-18(13-25-22)21(27)12-16-8-10-28-11-9-16/h2-7,13,16H,8-12,14H2,1H3. The molecule has 0 bridgehead atoms. The van der Waals surface area contributed by atoms with Crippen LogP contribution in [-0.2, 0) is 11.3 Å². The highest BCUT2D eigenvalue weighted by Gasteiger charge is 2.19. The first-order valence-corrected chi connectivity index (χ1v) is 10.0. The predicted molar refractivity (Wildman–Crippen MR) is 108 cm³/mol. The van der Waals surface area contributed by atoms with E-state index in [4.69, 9.17) is 14.0 Å². The molecule has 1 fully saturated rings. The molecule has 0 N–H and O–H groups in total. The third-order valence-corrected chi connectivity index (χ3v) is 5.34. The van der Waals surface area contributed by atoms with Gasteiger partial charge in [-0.25, -0.2) is 9.37 Å². The summed E-state index contributed by atoms with van der Waals surface area (Å²) in [5.41, 5.74) is 2.70. The van der Waals surface area contributed by atoms with Crippen LogP contribution in [0, 0.1) is 18.7 Å². The Labute approximate surface area is 174 Å². The molecule has 0 radical (unpaired) electrons. The normalized spacial score (nSPS) is 14.6. The maximum atomic E-state index is 13.2. The molecule has 4 rings (SSSR count). The summed E-state index contributed by atoms with van der Waals surface area (Å²) in [7, 11) is 0. The summed E-state index contributed by atoms with van der Waals surface area (Å²) in [6, 6.07) is 9.48. The molecule has 0 saturated carbocycles. The fourth-order valence-corrected chi connectivity index (χ4v) is 3.50. The van der Waals surface area contributed by atoms with Gasteiger partial charge in [0.1, 0.15) is 23.9 Å². The van der Waals surface area contributed by atoms with E-state index < -0.39 is 0 Å². The number of hydrogen-bond acceptors (Lipinski definition) is 6. The number of Topliss-reactive ketones (excluding diaryl/α,β-unsaturated/α-hetero) is 1. The molecule has 3 aromatic rings. The number of carbonyl (C=O) groups excluding carboxylic acids is 1. The summed E-state index contributed by atoms with van der Waals surface area (Å²) in [6.07, 6.45) is 3.92. The minimum absolute atomic E-state index is 0.0921. The molecular formula is C23H23FN2O4. The number of ketones is 1. The van der Waals surface area contributed by atoms with Crippen LogP contribution in [0.25, 0.3) is 11.3 Å². The number of pyridine rings is 1.